The number of hydrogen-bond acceptors (Lipinski definition) is 4. The van der Waals surface area contributed by atoms with Crippen molar-refractivity contribution in [2.24, 2.45) is 0 Å². The van der Waals surface area contributed by atoms with Crippen molar-refractivity contribution in [3.8, 4) is 5.75 Å². The van der Waals surface area contributed by atoms with Gasteiger partial charge in [-0.25, -0.2) is 0 Å². The molecule has 0 radical (unpaired) electrons. The molecule has 0 saturated carbocycles. The van der Waals surface area contributed by atoms with Crippen LogP contribution < -0.4 is 4.74 Å². The predicted octanol–water partition coefficient (Wildman–Crippen LogP) is 6.19. The van der Waals surface area contributed by atoms with Gasteiger partial charge in [0.15, 0.2) is 0 Å². The fourth-order valence-corrected chi connectivity index (χ4v) is 4.85. The van der Waals surface area contributed by atoms with E-state index in [0.29, 0.717) is 31.8 Å². The van der Waals surface area contributed by atoms with Crippen molar-refractivity contribution in [2.75, 3.05) is 33.9 Å². The molecule has 0 fully saturated rings. The number of nitrogens with zero attached hydrogens (tertiary/aromatic N) is 3. The minimum Gasteiger partial charge on any atom is -0.497 e. The zero-order valence-corrected chi connectivity index (χ0v) is 25.7. The number of ether oxygens (including phenoxy) is 2. The van der Waals surface area contributed by atoms with Crippen LogP contribution >= 0.6 is 0 Å². The summed E-state index contributed by atoms with van der Waals surface area (Å²) in [5.41, 5.74) is 3.50. The summed E-state index contributed by atoms with van der Waals surface area (Å²) in [6, 6.07) is 19.8. The number of carbonyl (C=O) groups excluding carboxylic acids is 2. The molecule has 0 spiro atoms. The molecular weight excluding hydrogens is 514 g/mol. The first-order valence-corrected chi connectivity index (χ1v) is 14.6. The Balaban J connectivity index is 1.76. The smallest absolute Gasteiger partial charge is 0.254 e. The summed E-state index contributed by atoms with van der Waals surface area (Å²) in [6.07, 6.45) is 6.56. The van der Waals surface area contributed by atoms with Crippen molar-refractivity contribution in [2.45, 2.75) is 72.0 Å². The molecule has 0 unspecified atom stereocenters. The maximum atomic E-state index is 13.8. The number of aromatic nitrogens is 1. The van der Waals surface area contributed by atoms with E-state index in [-0.39, 0.29) is 18.4 Å². The molecule has 1 aromatic heterocycles. The summed E-state index contributed by atoms with van der Waals surface area (Å²) in [7, 11) is 3.27. The zero-order valence-electron chi connectivity index (χ0n) is 25.7. The van der Waals surface area contributed by atoms with Gasteiger partial charge in [-0.3, -0.25) is 9.59 Å². The van der Waals surface area contributed by atoms with Crippen molar-refractivity contribution < 1.29 is 19.1 Å². The molecule has 0 aliphatic heterocycles. The van der Waals surface area contributed by atoms with E-state index in [1.54, 1.807) is 19.1 Å². The van der Waals surface area contributed by atoms with Crippen LogP contribution in [0.15, 0.2) is 66.9 Å². The van der Waals surface area contributed by atoms with Crippen LogP contribution in [0.1, 0.15) is 74.1 Å². The summed E-state index contributed by atoms with van der Waals surface area (Å²) in [5, 5.41) is 0. The van der Waals surface area contributed by atoms with Crippen LogP contribution in [0.3, 0.4) is 0 Å². The zero-order chi connectivity index (χ0) is 29.8. The summed E-state index contributed by atoms with van der Waals surface area (Å²) in [4.78, 5) is 30.8. The number of hydrogen-bond donors (Lipinski definition) is 0. The molecule has 0 aliphatic rings. The molecule has 2 amide bonds. The van der Waals surface area contributed by atoms with E-state index in [9.17, 15) is 9.59 Å². The molecule has 41 heavy (non-hydrogen) atoms. The molecule has 0 aliphatic carbocycles. The topological polar surface area (TPSA) is 64.0 Å². The fraction of sp³-hybridized carbons (Fsp3) is 0.471. The molecule has 0 atom stereocenters. The van der Waals surface area contributed by atoms with Gasteiger partial charge < -0.3 is 23.8 Å². The van der Waals surface area contributed by atoms with Crippen molar-refractivity contribution in [1.29, 1.82) is 0 Å². The lowest BCUT2D eigenvalue weighted by Crippen LogP contribution is -2.50. The maximum Gasteiger partial charge on any atom is 0.254 e. The molecule has 3 rings (SSSR count). The SMILES string of the molecule is CCCCCc1ccc(C(=O)N(CCOC)CC(=O)N(Cc2cccn2Cc2cccc(OC)c2)C(C)(C)C)cc1. The normalized spacial score (nSPS) is 11.4. The summed E-state index contributed by atoms with van der Waals surface area (Å²) >= 11 is 0. The van der Waals surface area contributed by atoms with E-state index >= 15 is 0 Å². The van der Waals surface area contributed by atoms with Gasteiger partial charge in [-0.1, -0.05) is 44.0 Å². The molecule has 7 nitrogen and oxygen atoms in total. The van der Waals surface area contributed by atoms with Gasteiger partial charge in [0, 0.05) is 43.2 Å². The summed E-state index contributed by atoms with van der Waals surface area (Å²) in [6.45, 7) is 10.0. The molecule has 0 bridgehead atoms. The van der Waals surface area contributed by atoms with E-state index in [2.05, 4.69) is 17.6 Å². The first-order valence-electron chi connectivity index (χ1n) is 14.6. The van der Waals surface area contributed by atoms with E-state index in [1.807, 2.05) is 86.5 Å². The third kappa shape index (κ3) is 9.49. The van der Waals surface area contributed by atoms with Crippen LogP contribution in [0.25, 0.3) is 0 Å². The first kappa shape index (κ1) is 31.9. The number of rotatable bonds is 15. The van der Waals surface area contributed by atoms with Crippen LogP contribution in [0.2, 0.25) is 0 Å². The number of carbonyl (C=O) groups is 2. The maximum absolute atomic E-state index is 13.8. The van der Waals surface area contributed by atoms with Crippen LogP contribution in [-0.4, -0.2) is 65.6 Å². The van der Waals surface area contributed by atoms with E-state index in [4.69, 9.17) is 9.47 Å². The Morgan fingerprint density at radius 2 is 1.68 bits per heavy atom. The minimum atomic E-state index is -0.446. The van der Waals surface area contributed by atoms with Gasteiger partial charge >= 0.3 is 0 Å². The van der Waals surface area contributed by atoms with Crippen LogP contribution in [0.5, 0.6) is 5.75 Å². The van der Waals surface area contributed by atoms with Gasteiger partial charge in [-0.05, 0) is 81.1 Å². The summed E-state index contributed by atoms with van der Waals surface area (Å²) < 4.78 is 12.8. The standard InChI is InChI=1S/C34H47N3O4/c1-7-8-9-12-27-16-18-29(19-17-27)33(39)36(21-22-40-5)26-32(38)37(34(2,3)4)25-30-14-11-20-35(30)24-28-13-10-15-31(23-28)41-6/h10-11,13-20,23H,7-9,12,21-22,24-26H2,1-6H3. The molecule has 0 N–H and O–H groups in total. The molecule has 2 aromatic carbocycles. The number of amides is 2. The highest BCUT2D eigenvalue weighted by molar-refractivity contribution is 5.96. The lowest BCUT2D eigenvalue weighted by Gasteiger charge is -2.37. The van der Waals surface area contributed by atoms with Gasteiger partial charge in [0.05, 0.1) is 20.3 Å². The third-order valence-corrected chi connectivity index (χ3v) is 7.29. The van der Waals surface area contributed by atoms with E-state index in [1.165, 1.54) is 18.4 Å². The second kappa shape index (κ2) is 15.4. The Labute approximate surface area is 246 Å². The Morgan fingerprint density at radius 1 is 0.927 bits per heavy atom. The van der Waals surface area contributed by atoms with Crippen molar-refractivity contribution >= 4 is 11.8 Å². The van der Waals surface area contributed by atoms with Gasteiger partial charge in [0.1, 0.15) is 12.3 Å². The predicted molar refractivity (Wildman–Crippen MR) is 164 cm³/mol. The first-order chi connectivity index (χ1) is 19.7. The second-order valence-corrected chi connectivity index (χ2v) is 11.5. The molecule has 7 heteroatoms. The van der Waals surface area contributed by atoms with Crippen LogP contribution in [-0.2, 0) is 29.0 Å². The van der Waals surface area contributed by atoms with Gasteiger partial charge in [0.25, 0.3) is 5.91 Å². The van der Waals surface area contributed by atoms with Crippen molar-refractivity contribution in [1.82, 2.24) is 14.4 Å². The van der Waals surface area contributed by atoms with Crippen molar-refractivity contribution in [3.05, 3.63) is 89.2 Å². The van der Waals surface area contributed by atoms with Gasteiger partial charge in [-0.15, -0.1) is 0 Å². The lowest BCUT2D eigenvalue weighted by molar-refractivity contribution is -0.137. The highest BCUT2D eigenvalue weighted by atomic mass is 16.5. The lowest BCUT2D eigenvalue weighted by atomic mass is 10.0. The highest BCUT2D eigenvalue weighted by Gasteiger charge is 2.30. The Hall–Kier alpha value is -3.58. The van der Waals surface area contributed by atoms with E-state index < -0.39 is 5.54 Å². The molecule has 0 saturated heterocycles. The molecule has 222 valence electrons. The third-order valence-electron chi connectivity index (χ3n) is 7.29. The largest absolute Gasteiger partial charge is 0.497 e. The number of methoxy groups -OCH3 is 2. The Morgan fingerprint density at radius 3 is 2.34 bits per heavy atom. The minimum absolute atomic E-state index is 0.0195. The van der Waals surface area contributed by atoms with Crippen LogP contribution in [0.4, 0.5) is 0 Å². The molecular formula is C34H47N3O4. The second-order valence-electron chi connectivity index (χ2n) is 11.5. The van der Waals surface area contributed by atoms with Crippen molar-refractivity contribution in [3.63, 3.8) is 0 Å². The number of aryl methyl sites for hydroxylation is 1. The highest BCUT2D eigenvalue weighted by Crippen LogP contribution is 2.21. The summed E-state index contributed by atoms with van der Waals surface area (Å²) in [5.74, 6) is 0.549. The molecule has 3 aromatic rings. The van der Waals surface area contributed by atoms with Gasteiger partial charge in [-0.2, -0.15) is 0 Å². The number of unbranched alkanes of at least 4 members (excludes halogenated alkanes) is 2. The van der Waals surface area contributed by atoms with Crippen LogP contribution in [0, 0.1) is 0 Å². The fourth-order valence-electron chi connectivity index (χ4n) is 4.85. The monoisotopic (exact) mass is 561 g/mol. The molecule has 1 heterocycles. The average molecular weight is 562 g/mol. The number of benzene rings is 2. The quantitative estimate of drug-likeness (QED) is 0.208. The Kier molecular flexibility index (Phi) is 12.0. The van der Waals surface area contributed by atoms with Gasteiger partial charge in [0.2, 0.25) is 5.91 Å². The Bertz CT molecular complexity index is 1240. The average Bonchev–Trinajstić information content (AvgIpc) is 3.39. The van der Waals surface area contributed by atoms with E-state index in [0.717, 1.165) is 29.8 Å².